The molecule has 2 N–H and O–H groups in total. The minimum absolute atomic E-state index is 0.859. The topological polar surface area (TPSA) is 26.0 Å². The van der Waals surface area contributed by atoms with Gasteiger partial charge in [0.25, 0.3) is 0 Å². The van der Waals surface area contributed by atoms with Crippen LogP contribution >= 0.6 is 0 Å². The van der Waals surface area contributed by atoms with Gasteiger partial charge < -0.3 is 5.73 Å². The summed E-state index contributed by atoms with van der Waals surface area (Å²) < 4.78 is 0. The van der Waals surface area contributed by atoms with E-state index in [1.807, 2.05) is 0 Å². The Morgan fingerprint density at radius 2 is 1.53 bits per heavy atom. The third-order valence-electron chi connectivity index (χ3n) is 3.72. The van der Waals surface area contributed by atoms with Crippen LogP contribution in [-0.2, 0) is 0 Å². The van der Waals surface area contributed by atoms with Crippen molar-refractivity contribution in [1.29, 1.82) is 0 Å². The highest BCUT2D eigenvalue weighted by Crippen LogP contribution is 2.23. The van der Waals surface area contributed by atoms with Crippen molar-refractivity contribution in [2.45, 2.75) is 66.2 Å². The molecule has 1 heteroatoms. The number of hydrogen-bond donors (Lipinski definition) is 1. The molecule has 0 aromatic carbocycles. The molecule has 0 aromatic rings. The second-order valence-electron chi connectivity index (χ2n) is 5.28. The van der Waals surface area contributed by atoms with Crippen molar-refractivity contribution in [1.82, 2.24) is 0 Å². The van der Waals surface area contributed by atoms with Gasteiger partial charge in [0.2, 0.25) is 0 Å². The first kappa shape index (κ1) is 15.0. The summed E-state index contributed by atoms with van der Waals surface area (Å²) in [7, 11) is 0. The van der Waals surface area contributed by atoms with Crippen LogP contribution in [0.4, 0.5) is 0 Å². The molecule has 0 aliphatic rings. The summed E-state index contributed by atoms with van der Waals surface area (Å²) in [6.07, 6.45) is 8.01. The third-order valence-corrected chi connectivity index (χ3v) is 3.72. The molecule has 3 atom stereocenters. The smallest absolute Gasteiger partial charge is 0.00746 e. The van der Waals surface area contributed by atoms with E-state index in [0.29, 0.717) is 0 Å². The summed E-state index contributed by atoms with van der Waals surface area (Å²) in [4.78, 5) is 0. The third kappa shape index (κ3) is 7.84. The molecule has 0 saturated heterocycles. The molecule has 1 nitrogen and oxygen atoms in total. The maximum atomic E-state index is 5.61. The molecule has 0 amide bonds. The van der Waals surface area contributed by atoms with E-state index >= 15 is 0 Å². The largest absolute Gasteiger partial charge is 0.330 e. The Labute approximate surface area is 96.8 Å². The zero-order chi connectivity index (χ0) is 11.7. The molecular formula is C14H31N. The van der Waals surface area contributed by atoms with E-state index in [1.54, 1.807) is 0 Å². The molecule has 0 spiro atoms. The van der Waals surface area contributed by atoms with Gasteiger partial charge in [-0.05, 0) is 37.1 Å². The first-order valence-corrected chi connectivity index (χ1v) is 6.83. The van der Waals surface area contributed by atoms with Gasteiger partial charge in [-0.2, -0.15) is 0 Å². The SMILES string of the molecule is CCC(C)CC(C)CCC(CC)CCN. The first-order valence-electron chi connectivity index (χ1n) is 6.83. The van der Waals surface area contributed by atoms with Crippen LogP contribution in [-0.4, -0.2) is 6.54 Å². The molecule has 0 saturated carbocycles. The van der Waals surface area contributed by atoms with Crippen LogP contribution in [0.25, 0.3) is 0 Å². The highest BCUT2D eigenvalue weighted by molar-refractivity contribution is 4.63. The zero-order valence-electron chi connectivity index (χ0n) is 11.3. The van der Waals surface area contributed by atoms with Crippen LogP contribution < -0.4 is 5.73 Å². The highest BCUT2D eigenvalue weighted by Gasteiger charge is 2.10. The van der Waals surface area contributed by atoms with Gasteiger partial charge in [-0.3, -0.25) is 0 Å². The summed E-state index contributed by atoms with van der Waals surface area (Å²) in [5.41, 5.74) is 5.61. The van der Waals surface area contributed by atoms with E-state index in [1.165, 1.54) is 38.5 Å². The summed E-state index contributed by atoms with van der Waals surface area (Å²) in [5, 5.41) is 0. The summed E-state index contributed by atoms with van der Waals surface area (Å²) in [6, 6.07) is 0. The van der Waals surface area contributed by atoms with E-state index in [4.69, 9.17) is 5.73 Å². The lowest BCUT2D eigenvalue weighted by atomic mass is 9.87. The van der Waals surface area contributed by atoms with Crippen molar-refractivity contribution in [3.05, 3.63) is 0 Å². The quantitative estimate of drug-likeness (QED) is 0.610. The average molecular weight is 213 g/mol. The van der Waals surface area contributed by atoms with Crippen molar-refractivity contribution in [3.8, 4) is 0 Å². The summed E-state index contributed by atoms with van der Waals surface area (Å²) >= 11 is 0. The Balaban J connectivity index is 3.62. The number of nitrogens with two attached hydrogens (primary N) is 1. The van der Waals surface area contributed by atoms with Gasteiger partial charge in [-0.25, -0.2) is 0 Å². The van der Waals surface area contributed by atoms with Crippen LogP contribution in [0.2, 0.25) is 0 Å². The van der Waals surface area contributed by atoms with Gasteiger partial charge in [0.15, 0.2) is 0 Å². The second-order valence-corrected chi connectivity index (χ2v) is 5.28. The summed E-state index contributed by atoms with van der Waals surface area (Å²) in [5.74, 6) is 2.66. The highest BCUT2D eigenvalue weighted by atomic mass is 14.5. The van der Waals surface area contributed by atoms with Crippen molar-refractivity contribution < 1.29 is 0 Å². The fraction of sp³-hybridized carbons (Fsp3) is 1.00. The van der Waals surface area contributed by atoms with E-state index in [-0.39, 0.29) is 0 Å². The monoisotopic (exact) mass is 213 g/mol. The normalized spacial score (nSPS) is 17.4. The molecule has 0 aromatic heterocycles. The fourth-order valence-electron chi connectivity index (χ4n) is 2.28. The molecule has 0 fully saturated rings. The lowest BCUT2D eigenvalue weighted by Crippen LogP contribution is -2.10. The lowest BCUT2D eigenvalue weighted by Gasteiger charge is -2.19. The van der Waals surface area contributed by atoms with Crippen LogP contribution in [0.5, 0.6) is 0 Å². The van der Waals surface area contributed by atoms with E-state index in [2.05, 4.69) is 27.7 Å². The van der Waals surface area contributed by atoms with Gasteiger partial charge in [0.1, 0.15) is 0 Å². The van der Waals surface area contributed by atoms with Crippen LogP contribution in [0, 0.1) is 17.8 Å². The fourth-order valence-corrected chi connectivity index (χ4v) is 2.28. The minimum atomic E-state index is 0.859. The number of rotatable bonds is 9. The number of hydrogen-bond acceptors (Lipinski definition) is 1. The molecule has 0 rings (SSSR count). The zero-order valence-corrected chi connectivity index (χ0v) is 11.3. The molecule has 3 unspecified atom stereocenters. The van der Waals surface area contributed by atoms with Crippen LogP contribution in [0.3, 0.4) is 0 Å². The van der Waals surface area contributed by atoms with Crippen LogP contribution in [0.15, 0.2) is 0 Å². The van der Waals surface area contributed by atoms with E-state index in [9.17, 15) is 0 Å². The Morgan fingerprint density at radius 3 is 2.00 bits per heavy atom. The van der Waals surface area contributed by atoms with Gasteiger partial charge in [0.05, 0.1) is 0 Å². The Bertz CT molecular complexity index is 133. The van der Waals surface area contributed by atoms with Crippen molar-refractivity contribution in [2.75, 3.05) is 6.54 Å². The minimum Gasteiger partial charge on any atom is -0.330 e. The maximum Gasteiger partial charge on any atom is -0.00746 e. The molecule has 0 bridgehead atoms. The van der Waals surface area contributed by atoms with Crippen LogP contribution in [0.1, 0.15) is 66.2 Å². The Hall–Kier alpha value is -0.0400. The first-order chi connectivity index (χ1) is 7.13. The Kier molecular flexibility index (Phi) is 9.18. The predicted molar refractivity (Wildman–Crippen MR) is 69.9 cm³/mol. The molecule has 92 valence electrons. The second kappa shape index (κ2) is 9.21. The average Bonchev–Trinajstić information content (AvgIpc) is 2.23. The van der Waals surface area contributed by atoms with Gasteiger partial charge in [0, 0.05) is 0 Å². The predicted octanol–water partition coefficient (Wildman–Crippen LogP) is 4.21. The molecule has 0 aliphatic heterocycles. The summed E-state index contributed by atoms with van der Waals surface area (Å²) in [6.45, 7) is 10.2. The van der Waals surface area contributed by atoms with Gasteiger partial charge in [-0.15, -0.1) is 0 Å². The molecule has 15 heavy (non-hydrogen) atoms. The molecular weight excluding hydrogens is 182 g/mol. The van der Waals surface area contributed by atoms with E-state index < -0.39 is 0 Å². The molecule has 0 aliphatic carbocycles. The molecule has 0 heterocycles. The van der Waals surface area contributed by atoms with Gasteiger partial charge in [-0.1, -0.05) is 53.4 Å². The lowest BCUT2D eigenvalue weighted by molar-refractivity contribution is 0.336. The molecule has 0 radical (unpaired) electrons. The van der Waals surface area contributed by atoms with Crippen molar-refractivity contribution >= 4 is 0 Å². The Morgan fingerprint density at radius 1 is 0.867 bits per heavy atom. The van der Waals surface area contributed by atoms with Crippen molar-refractivity contribution in [3.63, 3.8) is 0 Å². The van der Waals surface area contributed by atoms with Gasteiger partial charge >= 0.3 is 0 Å². The standard InChI is InChI=1S/C14H31N/c1-5-12(3)11-13(4)7-8-14(6-2)9-10-15/h12-14H,5-11,15H2,1-4H3. The maximum absolute atomic E-state index is 5.61. The van der Waals surface area contributed by atoms with Crippen molar-refractivity contribution in [2.24, 2.45) is 23.5 Å². The van der Waals surface area contributed by atoms with E-state index in [0.717, 1.165) is 24.3 Å².